The molecule has 2 aliphatic heterocycles. The number of nitrogens with one attached hydrogen (secondary N) is 1. The van der Waals surface area contributed by atoms with Gasteiger partial charge in [0.1, 0.15) is 0 Å². The van der Waals surface area contributed by atoms with Crippen LogP contribution >= 0.6 is 0 Å². The molecule has 26 heavy (non-hydrogen) atoms. The van der Waals surface area contributed by atoms with Crippen molar-refractivity contribution in [2.45, 2.75) is 39.0 Å². The standard InChI is InChI=1S/C21H23N3O2/c1-14-9-15-5-3-4-6-17(15)13-24(14)20(25)16-7-8-18-11-23(21(26)22-2)12-19(18)10-16/h3-8,10,14H,9,11-13H2,1-2H3,(H,22,26)/t14-/m1/s1. The monoisotopic (exact) mass is 349 g/mol. The van der Waals surface area contributed by atoms with Crippen LogP contribution in [0.5, 0.6) is 0 Å². The number of carbonyl (C=O) groups excluding carboxylic acids is 2. The van der Waals surface area contributed by atoms with Gasteiger partial charge in [-0.15, -0.1) is 0 Å². The van der Waals surface area contributed by atoms with Gasteiger partial charge in [-0.1, -0.05) is 30.3 Å². The van der Waals surface area contributed by atoms with Crippen LogP contribution in [-0.4, -0.2) is 34.8 Å². The molecular weight excluding hydrogens is 326 g/mol. The van der Waals surface area contributed by atoms with Crippen LogP contribution in [0.1, 0.15) is 39.5 Å². The Morgan fingerprint density at radius 1 is 0.962 bits per heavy atom. The van der Waals surface area contributed by atoms with Gasteiger partial charge in [-0.2, -0.15) is 0 Å². The quantitative estimate of drug-likeness (QED) is 0.861. The van der Waals surface area contributed by atoms with Crippen LogP contribution in [0.4, 0.5) is 4.79 Å². The zero-order valence-corrected chi connectivity index (χ0v) is 15.2. The fourth-order valence-corrected chi connectivity index (χ4v) is 3.95. The summed E-state index contributed by atoms with van der Waals surface area (Å²) < 4.78 is 0. The molecule has 2 heterocycles. The maximum atomic E-state index is 13.1. The molecule has 1 N–H and O–H groups in total. The Morgan fingerprint density at radius 2 is 1.65 bits per heavy atom. The van der Waals surface area contributed by atoms with Crippen LogP contribution in [0.25, 0.3) is 0 Å². The molecule has 2 aromatic rings. The SMILES string of the molecule is CNC(=O)N1Cc2ccc(C(=O)N3Cc4ccccc4C[C@H]3C)cc2C1. The molecule has 3 amide bonds. The predicted octanol–water partition coefficient (Wildman–Crippen LogP) is 2.93. The van der Waals surface area contributed by atoms with Gasteiger partial charge in [-0.3, -0.25) is 4.79 Å². The van der Waals surface area contributed by atoms with Gasteiger partial charge in [-0.05, 0) is 47.7 Å². The maximum absolute atomic E-state index is 13.1. The second-order valence-electron chi connectivity index (χ2n) is 7.15. The number of hydrogen-bond donors (Lipinski definition) is 1. The van der Waals surface area contributed by atoms with Crippen molar-refractivity contribution < 1.29 is 9.59 Å². The van der Waals surface area contributed by atoms with Crippen molar-refractivity contribution in [3.8, 4) is 0 Å². The van der Waals surface area contributed by atoms with E-state index in [9.17, 15) is 9.59 Å². The Labute approximate surface area is 153 Å². The summed E-state index contributed by atoms with van der Waals surface area (Å²) in [6.45, 7) is 3.90. The number of urea groups is 1. The van der Waals surface area contributed by atoms with Gasteiger partial charge in [0.05, 0.1) is 0 Å². The van der Waals surface area contributed by atoms with E-state index in [1.165, 1.54) is 11.1 Å². The van der Waals surface area contributed by atoms with E-state index in [1.807, 2.05) is 29.2 Å². The highest BCUT2D eigenvalue weighted by Gasteiger charge is 2.29. The number of amides is 3. The van der Waals surface area contributed by atoms with Crippen LogP contribution in [0.15, 0.2) is 42.5 Å². The highest BCUT2D eigenvalue weighted by atomic mass is 16.2. The molecule has 0 radical (unpaired) electrons. The van der Waals surface area contributed by atoms with Crippen molar-refractivity contribution in [1.29, 1.82) is 0 Å². The Bertz CT molecular complexity index is 877. The van der Waals surface area contributed by atoms with Gasteiger partial charge in [-0.25, -0.2) is 4.79 Å². The summed E-state index contributed by atoms with van der Waals surface area (Å²) in [6, 6.07) is 14.2. The van der Waals surface area contributed by atoms with Gasteiger partial charge in [0, 0.05) is 38.3 Å². The number of hydrogen-bond acceptors (Lipinski definition) is 2. The van der Waals surface area contributed by atoms with E-state index in [0.717, 1.165) is 17.5 Å². The van der Waals surface area contributed by atoms with Crippen molar-refractivity contribution in [3.05, 3.63) is 70.3 Å². The molecule has 5 heteroatoms. The number of carbonyl (C=O) groups is 2. The second kappa shape index (κ2) is 6.48. The lowest BCUT2D eigenvalue weighted by atomic mass is 9.94. The molecular formula is C21H23N3O2. The summed E-state index contributed by atoms with van der Waals surface area (Å²) >= 11 is 0. The molecule has 0 fully saturated rings. The molecule has 0 aromatic heterocycles. The normalized spacial score (nSPS) is 18.3. The van der Waals surface area contributed by atoms with Crippen molar-refractivity contribution >= 4 is 11.9 Å². The van der Waals surface area contributed by atoms with Crippen LogP contribution < -0.4 is 5.32 Å². The third kappa shape index (κ3) is 2.83. The molecule has 1 atom stereocenters. The molecule has 0 bridgehead atoms. The highest BCUT2D eigenvalue weighted by molar-refractivity contribution is 5.95. The summed E-state index contributed by atoms with van der Waals surface area (Å²) in [5.74, 6) is 0.0631. The summed E-state index contributed by atoms with van der Waals surface area (Å²) in [7, 11) is 1.63. The molecule has 0 spiro atoms. The largest absolute Gasteiger partial charge is 0.341 e. The maximum Gasteiger partial charge on any atom is 0.317 e. The average Bonchev–Trinajstić information content (AvgIpc) is 3.09. The smallest absolute Gasteiger partial charge is 0.317 e. The summed E-state index contributed by atoms with van der Waals surface area (Å²) in [4.78, 5) is 28.7. The second-order valence-corrected chi connectivity index (χ2v) is 7.15. The first-order chi connectivity index (χ1) is 12.6. The van der Waals surface area contributed by atoms with Gasteiger partial charge in [0.2, 0.25) is 0 Å². The van der Waals surface area contributed by atoms with E-state index < -0.39 is 0 Å². The predicted molar refractivity (Wildman–Crippen MR) is 99.6 cm³/mol. The molecule has 0 saturated carbocycles. The minimum absolute atomic E-state index is 0.0631. The van der Waals surface area contributed by atoms with Crippen molar-refractivity contribution in [1.82, 2.24) is 15.1 Å². The molecule has 0 aliphatic carbocycles. The number of benzene rings is 2. The Kier molecular flexibility index (Phi) is 4.15. The zero-order valence-electron chi connectivity index (χ0n) is 15.2. The molecule has 5 nitrogen and oxygen atoms in total. The number of fused-ring (bicyclic) bond motifs is 2. The average molecular weight is 349 g/mol. The first kappa shape index (κ1) is 16.6. The summed E-state index contributed by atoms with van der Waals surface area (Å²) in [5.41, 5.74) is 5.44. The van der Waals surface area contributed by atoms with Crippen LogP contribution in [0.3, 0.4) is 0 Å². The van der Waals surface area contributed by atoms with Gasteiger partial charge >= 0.3 is 6.03 Å². The lowest BCUT2D eigenvalue weighted by Gasteiger charge is -2.35. The first-order valence-corrected chi connectivity index (χ1v) is 9.03. The van der Waals surface area contributed by atoms with E-state index in [2.05, 4.69) is 30.4 Å². The Balaban J connectivity index is 1.56. The van der Waals surface area contributed by atoms with Crippen LogP contribution in [-0.2, 0) is 26.1 Å². The lowest BCUT2D eigenvalue weighted by molar-refractivity contribution is 0.0658. The van der Waals surface area contributed by atoms with E-state index in [0.29, 0.717) is 25.2 Å². The molecule has 134 valence electrons. The van der Waals surface area contributed by atoms with E-state index >= 15 is 0 Å². The summed E-state index contributed by atoms with van der Waals surface area (Å²) in [6.07, 6.45) is 0.886. The first-order valence-electron chi connectivity index (χ1n) is 9.03. The van der Waals surface area contributed by atoms with Gasteiger partial charge in [0.15, 0.2) is 0 Å². The highest BCUT2D eigenvalue weighted by Crippen LogP contribution is 2.27. The zero-order chi connectivity index (χ0) is 18.3. The fraction of sp³-hybridized carbons (Fsp3) is 0.333. The van der Waals surface area contributed by atoms with Gasteiger partial charge in [0.25, 0.3) is 5.91 Å². The third-order valence-corrected chi connectivity index (χ3v) is 5.44. The van der Waals surface area contributed by atoms with Gasteiger partial charge < -0.3 is 15.1 Å². The minimum atomic E-state index is -0.0877. The number of rotatable bonds is 1. The fourth-order valence-electron chi connectivity index (χ4n) is 3.95. The molecule has 0 unspecified atom stereocenters. The van der Waals surface area contributed by atoms with Crippen molar-refractivity contribution in [3.63, 3.8) is 0 Å². The molecule has 0 saturated heterocycles. The molecule has 2 aromatic carbocycles. The Morgan fingerprint density at radius 3 is 2.42 bits per heavy atom. The topological polar surface area (TPSA) is 52.7 Å². The van der Waals surface area contributed by atoms with E-state index in [4.69, 9.17) is 0 Å². The van der Waals surface area contributed by atoms with Crippen molar-refractivity contribution in [2.24, 2.45) is 0 Å². The summed E-state index contributed by atoms with van der Waals surface area (Å²) in [5, 5.41) is 2.66. The molecule has 2 aliphatic rings. The van der Waals surface area contributed by atoms with Crippen molar-refractivity contribution in [2.75, 3.05) is 7.05 Å². The van der Waals surface area contributed by atoms with Crippen LogP contribution in [0, 0.1) is 0 Å². The number of nitrogens with zero attached hydrogens (tertiary/aromatic N) is 2. The van der Waals surface area contributed by atoms with E-state index in [-0.39, 0.29) is 18.0 Å². The molecule has 4 rings (SSSR count). The minimum Gasteiger partial charge on any atom is -0.341 e. The van der Waals surface area contributed by atoms with E-state index in [1.54, 1.807) is 11.9 Å². The third-order valence-electron chi connectivity index (χ3n) is 5.44. The Hall–Kier alpha value is -2.82. The van der Waals surface area contributed by atoms with Crippen LogP contribution in [0.2, 0.25) is 0 Å². The lowest BCUT2D eigenvalue weighted by Crippen LogP contribution is -2.42.